The van der Waals surface area contributed by atoms with Crippen LogP contribution in [0.3, 0.4) is 0 Å². The first-order chi connectivity index (χ1) is 16.7. The summed E-state index contributed by atoms with van der Waals surface area (Å²) in [6.45, 7) is 2.28. The summed E-state index contributed by atoms with van der Waals surface area (Å²) >= 11 is 1.36. The second kappa shape index (κ2) is 18.4. The summed E-state index contributed by atoms with van der Waals surface area (Å²) in [6, 6.07) is 9.70. The highest BCUT2D eigenvalue weighted by molar-refractivity contribution is 8.00. The number of para-hydroxylation sites is 1. The van der Waals surface area contributed by atoms with Crippen molar-refractivity contribution in [1.29, 1.82) is 0 Å². The highest BCUT2D eigenvalue weighted by Gasteiger charge is 2.21. The molecule has 2 N–H and O–H groups in total. The van der Waals surface area contributed by atoms with Crippen molar-refractivity contribution in [1.82, 2.24) is 20.2 Å². The van der Waals surface area contributed by atoms with Crippen LogP contribution < -0.4 is 5.73 Å². The van der Waals surface area contributed by atoms with Crippen LogP contribution in [0.5, 0.6) is 0 Å². The Bertz CT molecular complexity index is 767. The van der Waals surface area contributed by atoms with Gasteiger partial charge in [-0.25, -0.2) is 0 Å². The van der Waals surface area contributed by atoms with Crippen molar-refractivity contribution >= 4 is 17.7 Å². The fraction of sp³-hybridized carbons (Fsp3) is 0.704. The first-order valence-corrected chi connectivity index (χ1v) is 14.4. The number of carbonyl (C=O) groups excluding carboxylic acids is 1. The number of nitrogens with two attached hydrogens (primary N) is 1. The Labute approximate surface area is 210 Å². The molecule has 0 radical (unpaired) electrons. The highest BCUT2D eigenvalue weighted by Crippen LogP contribution is 2.26. The van der Waals surface area contributed by atoms with E-state index in [0.717, 1.165) is 24.9 Å². The quantitative estimate of drug-likeness (QED) is 0.148. The van der Waals surface area contributed by atoms with E-state index in [-0.39, 0.29) is 11.2 Å². The van der Waals surface area contributed by atoms with Crippen LogP contribution in [0.4, 0.5) is 0 Å². The summed E-state index contributed by atoms with van der Waals surface area (Å²) in [5, 5.41) is 12.2. The van der Waals surface area contributed by atoms with Gasteiger partial charge in [-0.1, -0.05) is 140 Å². The van der Waals surface area contributed by atoms with E-state index in [9.17, 15) is 4.79 Å². The molecule has 34 heavy (non-hydrogen) atoms. The summed E-state index contributed by atoms with van der Waals surface area (Å²) in [4.78, 5) is 12.0. The SMILES string of the molecule is CCCCCCCCCCCCCCCCCCC(Sc1nnnn1-c1ccccc1)C(N)=O. The molecule has 190 valence electrons. The van der Waals surface area contributed by atoms with Crippen molar-refractivity contribution in [2.24, 2.45) is 5.73 Å². The molecule has 0 fully saturated rings. The molecule has 0 saturated heterocycles. The summed E-state index contributed by atoms with van der Waals surface area (Å²) in [5.74, 6) is -0.298. The van der Waals surface area contributed by atoms with Gasteiger partial charge in [0, 0.05) is 0 Å². The Hall–Kier alpha value is -1.89. The fourth-order valence-corrected chi connectivity index (χ4v) is 5.23. The van der Waals surface area contributed by atoms with Crippen molar-refractivity contribution in [3.63, 3.8) is 0 Å². The topological polar surface area (TPSA) is 86.7 Å². The second-order valence-corrected chi connectivity index (χ2v) is 10.5. The number of nitrogens with zero attached hydrogens (tertiary/aromatic N) is 4. The molecule has 0 aliphatic heterocycles. The van der Waals surface area contributed by atoms with Gasteiger partial charge >= 0.3 is 0 Å². The number of benzene rings is 1. The van der Waals surface area contributed by atoms with E-state index in [1.807, 2.05) is 30.3 Å². The molecule has 1 aromatic carbocycles. The normalized spacial score (nSPS) is 12.1. The molecule has 6 nitrogen and oxygen atoms in total. The van der Waals surface area contributed by atoms with Crippen LogP contribution >= 0.6 is 11.8 Å². The smallest absolute Gasteiger partial charge is 0.231 e. The molecule has 0 bridgehead atoms. The van der Waals surface area contributed by atoms with E-state index in [1.165, 1.54) is 102 Å². The van der Waals surface area contributed by atoms with Gasteiger partial charge in [-0.3, -0.25) is 4.79 Å². The Morgan fingerprint density at radius 3 is 1.82 bits per heavy atom. The van der Waals surface area contributed by atoms with Crippen molar-refractivity contribution in [3.8, 4) is 5.69 Å². The molecule has 0 spiro atoms. The van der Waals surface area contributed by atoms with E-state index in [1.54, 1.807) is 4.68 Å². The number of unbranched alkanes of at least 4 members (excludes halogenated alkanes) is 15. The van der Waals surface area contributed by atoms with E-state index >= 15 is 0 Å². The lowest BCUT2D eigenvalue weighted by Crippen LogP contribution is -2.26. The molecule has 0 aliphatic carbocycles. The van der Waals surface area contributed by atoms with E-state index in [0.29, 0.717) is 5.16 Å². The lowest BCUT2D eigenvalue weighted by atomic mass is 10.0. The molecule has 0 aliphatic rings. The van der Waals surface area contributed by atoms with Gasteiger partial charge in [-0.2, -0.15) is 4.68 Å². The van der Waals surface area contributed by atoms with E-state index < -0.39 is 0 Å². The van der Waals surface area contributed by atoms with Crippen LogP contribution in [0.2, 0.25) is 0 Å². The highest BCUT2D eigenvalue weighted by atomic mass is 32.2. The number of aromatic nitrogens is 4. The maximum atomic E-state index is 12.0. The molecule has 2 rings (SSSR count). The first-order valence-electron chi connectivity index (χ1n) is 13.5. The molecular formula is C27H45N5OS. The minimum Gasteiger partial charge on any atom is -0.369 e. The van der Waals surface area contributed by atoms with Gasteiger partial charge in [-0.15, -0.1) is 5.10 Å². The van der Waals surface area contributed by atoms with Gasteiger partial charge in [-0.05, 0) is 29.0 Å². The molecule has 2 aromatic rings. The summed E-state index contributed by atoms with van der Waals surface area (Å²) in [7, 11) is 0. The van der Waals surface area contributed by atoms with Crippen LogP contribution in [0.25, 0.3) is 5.69 Å². The Morgan fingerprint density at radius 2 is 1.32 bits per heavy atom. The number of hydrogen-bond acceptors (Lipinski definition) is 5. The Balaban J connectivity index is 1.49. The van der Waals surface area contributed by atoms with Crippen LogP contribution in [0.15, 0.2) is 35.5 Å². The van der Waals surface area contributed by atoms with Gasteiger partial charge < -0.3 is 5.73 Å². The van der Waals surface area contributed by atoms with Crippen LogP contribution in [0.1, 0.15) is 116 Å². The van der Waals surface area contributed by atoms with Crippen molar-refractivity contribution in [2.45, 2.75) is 126 Å². The number of amides is 1. The molecule has 0 saturated carbocycles. The fourth-order valence-electron chi connectivity index (χ4n) is 4.25. The van der Waals surface area contributed by atoms with Crippen LogP contribution in [-0.4, -0.2) is 31.4 Å². The first kappa shape index (κ1) is 28.3. The minimum atomic E-state index is -0.305. The summed E-state index contributed by atoms with van der Waals surface area (Å²) < 4.78 is 1.66. The minimum absolute atomic E-state index is 0.298. The summed E-state index contributed by atoms with van der Waals surface area (Å²) in [5.41, 5.74) is 6.55. The van der Waals surface area contributed by atoms with Gasteiger partial charge in [0.15, 0.2) is 0 Å². The lowest BCUT2D eigenvalue weighted by Gasteiger charge is -2.12. The molecule has 1 aromatic heterocycles. The zero-order valence-electron chi connectivity index (χ0n) is 21.2. The number of thioether (sulfide) groups is 1. The van der Waals surface area contributed by atoms with Crippen LogP contribution in [-0.2, 0) is 4.79 Å². The molecule has 7 heteroatoms. The van der Waals surface area contributed by atoms with Crippen molar-refractivity contribution in [3.05, 3.63) is 30.3 Å². The van der Waals surface area contributed by atoms with Gasteiger partial charge in [0.1, 0.15) is 0 Å². The second-order valence-electron chi connectivity index (χ2n) is 9.31. The predicted molar refractivity (Wildman–Crippen MR) is 142 cm³/mol. The average Bonchev–Trinajstić information content (AvgIpc) is 3.31. The molecule has 1 amide bonds. The molecule has 1 atom stereocenters. The zero-order chi connectivity index (χ0) is 24.3. The number of primary amides is 1. The van der Waals surface area contributed by atoms with E-state index in [4.69, 9.17) is 5.73 Å². The zero-order valence-corrected chi connectivity index (χ0v) is 22.0. The third-order valence-electron chi connectivity index (χ3n) is 6.33. The Kier molecular flexibility index (Phi) is 15.4. The number of rotatable bonds is 21. The Morgan fingerprint density at radius 1 is 0.824 bits per heavy atom. The average molecular weight is 488 g/mol. The van der Waals surface area contributed by atoms with Gasteiger partial charge in [0.25, 0.3) is 0 Å². The number of hydrogen-bond donors (Lipinski definition) is 1. The summed E-state index contributed by atoms with van der Waals surface area (Å²) in [6.07, 6.45) is 22.2. The number of carbonyl (C=O) groups is 1. The standard InChI is InChI=1S/C27H45N5OS/c1-2-3-4-5-6-7-8-9-10-11-12-13-14-15-16-20-23-25(26(28)33)34-27-29-30-31-32(27)24-21-18-17-19-22-24/h17-19,21-22,25H,2-16,20,23H2,1H3,(H2,28,33). The van der Waals surface area contributed by atoms with Crippen LogP contribution in [0, 0.1) is 0 Å². The largest absolute Gasteiger partial charge is 0.369 e. The molecule has 1 unspecified atom stereocenters. The maximum absolute atomic E-state index is 12.0. The van der Waals surface area contributed by atoms with Gasteiger partial charge in [0.05, 0.1) is 10.9 Å². The maximum Gasteiger partial charge on any atom is 0.231 e. The molecular weight excluding hydrogens is 442 g/mol. The number of tetrazole rings is 1. The van der Waals surface area contributed by atoms with E-state index in [2.05, 4.69) is 22.4 Å². The van der Waals surface area contributed by atoms with Gasteiger partial charge in [0.2, 0.25) is 11.1 Å². The third kappa shape index (κ3) is 12.0. The third-order valence-corrected chi connectivity index (χ3v) is 7.54. The van der Waals surface area contributed by atoms with Crippen molar-refractivity contribution < 1.29 is 4.79 Å². The molecule has 1 heterocycles. The lowest BCUT2D eigenvalue weighted by molar-refractivity contribution is -0.117. The monoisotopic (exact) mass is 487 g/mol. The predicted octanol–water partition coefficient (Wildman–Crippen LogP) is 7.26. The van der Waals surface area contributed by atoms with Crippen molar-refractivity contribution in [2.75, 3.05) is 0 Å².